The number of hydrogen-bond acceptors (Lipinski definition) is 2. The topological polar surface area (TPSA) is 12.5 Å². The zero-order chi connectivity index (χ0) is 16.1. The predicted molar refractivity (Wildman–Crippen MR) is 91.6 cm³/mol. The highest BCUT2D eigenvalue weighted by atomic mass is 16.7. The van der Waals surface area contributed by atoms with Crippen LogP contribution < -0.4 is 0 Å². The lowest BCUT2D eigenvalue weighted by Gasteiger charge is -2.47. The molecule has 0 radical (unpaired) electrons. The van der Waals surface area contributed by atoms with Crippen molar-refractivity contribution >= 4 is 0 Å². The number of rotatable bonds is 2. The molecule has 1 aromatic carbocycles. The zero-order valence-electron chi connectivity index (χ0n) is 15.0. The Hall–Kier alpha value is -0.860. The molecule has 1 saturated carbocycles. The Bertz CT molecular complexity index is 524. The second kappa shape index (κ2) is 5.35. The van der Waals surface area contributed by atoms with Crippen molar-refractivity contribution in [3.63, 3.8) is 0 Å². The number of hydroxylamine groups is 2. The molecule has 4 unspecified atom stereocenters. The molecular formula is C20H31NO. The lowest BCUT2D eigenvalue weighted by atomic mass is 9.59. The summed E-state index contributed by atoms with van der Waals surface area (Å²) in [6.45, 7) is 13.9. The van der Waals surface area contributed by atoms with Crippen LogP contribution in [0.25, 0.3) is 0 Å². The molecule has 1 saturated heterocycles. The van der Waals surface area contributed by atoms with Crippen molar-refractivity contribution < 1.29 is 4.84 Å². The van der Waals surface area contributed by atoms with Crippen molar-refractivity contribution in [3.8, 4) is 0 Å². The maximum atomic E-state index is 6.39. The second-order valence-electron chi connectivity index (χ2n) is 8.56. The summed E-state index contributed by atoms with van der Waals surface area (Å²) in [7, 11) is 0. The monoisotopic (exact) mass is 301 g/mol. The fourth-order valence-electron chi connectivity index (χ4n) is 4.93. The van der Waals surface area contributed by atoms with Gasteiger partial charge in [0.25, 0.3) is 0 Å². The van der Waals surface area contributed by atoms with Gasteiger partial charge in [0, 0.05) is 18.0 Å². The molecule has 2 nitrogen and oxygen atoms in total. The molecule has 0 aromatic heterocycles. The van der Waals surface area contributed by atoms with Gasteiger partial charge in [-0.25, -0.2) is 0 Å². The first-order chi connectivity index (χ1) is 10.2. The van der Waals surface area contributed by atoms with Crippen LogP contribution in [0.3, 0.4) is 0 Å². The van der Waals surface area contributed by atoms with Crippen LogP contribution in [-0.2, 0) is 10.3 Å². The fourth-order valence-corrected chi connectivity index (χ4v) is 4.93. The van der Waals surface area contributed by atoms with Gasteiger partial charge in [-0.3, -0.25) is 4.84 Å². The van der Waals surface area contributed by atoms with Crippen molar-refractivity contribution in [2.75, 3.05) is 0 Å². The van der Waals surface area contributed by atoms with E-state index in [1.165, 1.54) is 18.4 Å². The summed E-state index contributed by atoms with van der Waals surface area (Å²) >= 11 is 0. The van der Waals surface area contributed by atoms with Gasteiger partial charge >= 0.3 is 0 Å². The lowest BCUT2D eigenvalue weighted by Crippen LogP contribution is -2.50. The zero-order valence-corrected chi connectivity index (χ0v) is 15.0. The molecule has 1 heterocycles. The van der Waals surface area contributed by atoms with Crippen LogP contribution in [0, 0.1) is 11.8 Å². The van der Waals surface area contributed by atoms with Crippen LogP contribution in [-0.4, -0.2) is 22.7 Å². The van der Waals surface area contributed by atoms with Crippen molar-refractivity contribution in [3.05, 3.63) is 35.9 Å². The number of hydrogen-bond donors (Lipinski definition) is 0. The van der Waals surface area contributed by atoms with Crippen LogP contribution in [0.1, 0.15) is 59.9 Å². The van der Waals surface area contributed by atoms with E-state index in [4.69, 9.17) is 4.84 Å². The Morgan fingerprint density at radius 3 is 2.32 bits per heavy atom. The van der Waals surface area contributed by atoms with Crippen molar-refractivity contribution in [1.82, 2.24) is 5.06 Å². The van der Waals surface area contributed by atoms with E-state index in [0.29, 0.717) is 23.9 Å². The standard InChI is InChI=1S/C20H31NO/c1-14(2)21-18-15(3)12-20(6,16-10-8-7-9-11-16)13-17(18)19(4,5)22-21/h7-11,14-15,17-18H,12-13H2,1-6H3. The Balaban J connectivity index is 1.95. The summed E-state index contributed by atoms with van der Waals surface area (Å²) < 4.78 is 0. The molecule has 2 aliphatic rings. The average molecular weight is 301 g/mol. The SMILES string of the molecule is CC1CC(C)(c2ccccc2)CC2C1N(C(C)C)OC2(C)C. The van der Waals surface area contributed by atoms with Gasteiger partial charge in [-0.2, -0.15) is 5.06 Å². The van der Waals surface area contributed by atoms with Gasteiger partial charge in [-0.05, 0) is 57.4 Å². The maximum Gasteiger partial charge on any atom is 0.0888 e. The van der Waals surface area contributed by atoms with Crippen LogP contribution in [0.4, 0.5) is 0 Å². The summed E-state index contributed by atoms with van der Waals surface area (Å²) in [5, 5.41) is 2.29. The molecule has 22 heavy (non-hydrogen) atoms. The summed E-state index contributed by atoms with van der Waals surface area (Å²) in [6, 6.07) is 12.1. The molecular weight excluding hydrogens is 270 g/mol. The predicted octanol–water partition coefficient (Wildman–Crippen LogP) is 4.79. The first-order valence-corrected chi connectivity index (χ1v) is 8.77. The van der Waals surface area contributed by atoms with E-state index >= 15 is 0 Å². The largest absolute Gasteiger partial charge is 0.292 e. The van der Waals surface area contributed by atoms with E-state index in [9.17, 15) is 0 Å². The van der Waals surface area contributed by atoms with Crippen molar-refractivity contribution in [2.24, 2.45) is 11.8 Å². The smallest absolute Gasteiger partial charge is 0.0888 e. The van der Waals surface area contributed by atoms with Crippen LogP contribution in [0.5, 0.6) is 0 Å². The summed E-state index contributed by atoms with van der Waals surface area (Å²) in [5.41, 5.74) is 1.67. The van der Waals surface area contributed by atoms with Gasteiger partial charge in [0.15, 0.2) is 0 Å². The van der Waals surface area contributed by atoms with Crippen LogP contribution >= 0.6 is 0 Å². The van der Waals surface area contributed by atoms with Crippen molar-refractivity contribution in [1.29, 1.82) is 0 Å². The fraction of sp³-hybridized carbons (Fsp3) is 0.700. The van der Waals surface area contributed by atoms with Gasteiger partial charge in [0.1, 0.15) is 0 Å². The van der Waals surface area contributed by atoms with Gasteiger partial charge in [-0.1, -0.05) is 44.2 Å². The third kappa shape index (κ3) is 2.51. The molecule has 0 spiro atoms. The molecule has 122 valence electrons. The molecule has 0 amide bonds. The number of nitrogens with zero attached hydrogens (tertiary/aromatic N) is 1. The quantitative estimate of drug-likeness (QED) is 0.778. The molecule has 2 fully saturated rings. The minimum atomic E-state index is -0.0698. The van der Waals surface area contributed by atoms with Crippen LogP contribution in [0.15, 0.2) is 30.3 Å². The second-order valence-corrected chi connectivity index (χ2v) is 8.56. The van der Waals surface area contributed by atoms with E-state index in [2.05, 4.69) is 76.9 Å². The first kappa shape index (κ1) is 16.0. The van der Waals surface area contributed by atoms with E-state index < -0.39 is 0 Å². The van der Waals surface area contributed by atoms with Gasteiger partial charge in [0.05, 0.1) is 5.60 Å². The summed E-state index contributed by atoms with van der Waals surface area (Å²) in [6.07, 6.45) is 2.45. The van der Waals surface area contributed by atoms with Gasteiger partial charge < -0.3 is 0 Å². The lowest BCUT2D eigenvalue weighted by molar-refractivity contribution is -0.215. The Morgan fingerprint density at radius 2 is 1.73 bits per heavy atom. The van der Waals surface area contributed by atoms with E-state index in [0.717, 1.165) is 0 Å². The molecule has 1 aliphatic carbocycles. The molecule has 2 heteroatoms. The number of benzene rings is 1. The molecule has 0 N–H and O–H groups in total. The van der Waals surface area contributed by atoms with Gasteiger partial charge in [-0.15, -0.1) is 0 Å². The molecule has 3 rings (SSSR count). The molecule has 1 aromatic rings. The normalized spacial score (nSPS) is 38.2. The van der Waals surface area contributed by atoms with Gasteiger partial charge in [0.2, 0.25) is 0 Å². The summed E-state index contributed by atoms with van der Waals surface area (Å²) in [4.78, 5) is 6.39. The van der Waals surface area contributed by atoms with E-state index in [1.807, 2.05) is 0 Å². The average Bonchev–Trinajstić information content (AvgIpc) is 2.72. The molecule has 0 bridgehead atoms. The Kier molecular flexibility index (Phi) is 3.89. The van der Waals surface area contributed by atoms with Crippen LogP contribution in [0.2, 0.25) is 0 Å². The summed E-state index contributed by atoms with van der Waals surface area (Å²) in [5.74, 6) is 1.23. The molecule has 1 aliphatic heterocycles. The first-order valence-electron chi connectivity index (χ1n) is 8.77. The van der Waals surface area contributed by atoms with E-state index in [-0.39, 0.29) is 11.0 Å². The Labute approximate surface area is 135 Å². The highest BCUT2D eigenvalue weighted by Crippen LogP contribution is 2.53. The number of fused-ring (bicyclic) bond motifs is 1. The van der Waals surface area contributed by atoms with Crippen molar-refractivity contribution in [2.45, 2.75) is 77.5 Å². The maximum absolute atomic E-state index is 6.39. The third-order valence-corrected chi connectivity index (χ3v) is 5.95. The molecule has 4 atom stereocenters. The highest BCUT2D eigenvalue weighted by molar-refractivity contribution is 5.27. The highest BCUT2D eigenvalue weighted by Gasteiger charge is 2.56. The minimum absolute atomic E-state index is 0.0698. The third-order valence-electron chi connectivity index (χ3n) is 5.95. The van der Waals surface area contributed by atoms with E-state index in [1.54, 1.807) is 0 Å². The minimum Gasteiger partial charge on any atom is -0.292 e. The Morgan fingerprint density at radius 1 is 1.09 bits per heavy atom.